The Morgan fingerprint density at radius 3 is 2.86 bits per heavy atom. The minimum atomic E-state index is -2.70. The molecule has 1 aliphatic rings. The van der Waals surface area contributed by atoms with Crippen LogP contribution in [0.5, 0.6) is 17.4 Å². The maximum atomic E-state index is 13.4. The summed E-state index contributed by atoms with van der Waals surface area (Å²) in [7, 11) is 0.155. The number of halogens is 3. The summed E-state index contributed by atoms with van der Waals surface area (Å²) in [5.41, 5.74) is 0.577. The Kier molecular flexibility index (Phi) is 4.74. The van der Waals surface area contributed by atoms with Gasteiger partial charge in [-0.1, -0.05) is 12.8 Å². The number of fused-ring (bicyclic) bond motifs is 1. The lowest BCUT2D eigenvalue weighted by Crippen LogP contribution is -2.39. The Balaban J connectivity index is 1.59. The number of aromatic nitrogens is 4. The molecule has 0 amide bonds. The molecular formula is C18H17F3N4O2S. The van der Waals surface area contributed by atoms with Gasteiger partial charge in [-0.25, -0.2) is 27.7 Å². The van der Waals surface area contributed by atoms with Gasteiger partial charge in [0.1, 0.15) is 18.2 Å². The maximum absolute atomic E-state index is 13.4. The molecular weight excluding hydrogens is 393 g/mol. The molecule has 28 heavy (non-hydrogen) atoms. The standard InChI is InChI=1S/C18H17F3N4O2S/c1-18(9-28(2)10-18)17-23-15-4-3-12(7-25(15)24-17)27-16-13(26-8-14(20)21)5-11(19)6-22-16/h3-7,14H,2,8-10H2,1H3. The largest absolute Gasteiger partial charge is 0.482 e. The van der Waals surface area contributed by atoms with Crippen LogP contribution in [0.1, 0.15) is 12.7 Å². The number of rotatable bonds is 6. The van der Waals surface area contributed by atoms with Gasteiger partial charge in [-0.2, -0.15) is 15.6 Å². The molecule has 3 aromatic heterocycles. The van der Waals surface area contributed by atoms with Crippen LogP contribution in [0.25, 0.3) is 5.65 Å². The average molecular weight is 410 g/mol. The van der Waals surface area contributed by atoms with Crippen molar-refractivity contribution in [3.63, 3.8) is 0 Å². The highest BCUT2D eigenvalue weighted by Crippen LogP contribution is 2.42. The first-order chi connectivity index (χ1) is 13.3. The molecule has 148 valence electrons. The van der Waals surface area contributed by atoms with Gasteiger partial charge in [-0.15, -0.1) is 0 Å². The summed E-state index contributed by atoms with van der Waals surface area (Å²) in [6, 6.07) is 4.32. The zero-order valence-electron chi connectivity index (χ0n) is 14.9. The molecule has 1 saturated heterocycles. The third kappa shape index (κ3) is 3.68. The van der Waals surface area contributed by atoms with Crippen LogP contribution in [-0.4, -0.2) is 50.0 Å². The third-order valence-electron chi connectivity index (χ3n) is 4.25. The number of pyridine rings is 2. The first-order valence-corrected chi connectivity index (χ1v) is 10.1. The van der Waals surface area contributed by atoms with Crippen molar-refractivity contribution in [2.75, 3.05) is 18.1 Å². The second-order valence-corrected chi connectivity index (χ2v) is 8.63. The molecule has 10 heteroatoms. The summed E-state index contributed by atoms with van der Waals surface area (Å²) in [5, 5.41) is 4.53. The molecule has 6 nitrogen and oxygen atoms in total. The SMILES string of the molecule is C=S1CC(C)(c2nc3ccc(Oc4ncc(F)cc4OCC(F)F)cn3n2)C1. The van der Waals surface area contributed by atoms with E-state index in [1.807, 2.05) is 0 Å². The van der Waals surface area contributed by atoms with E-state index in [1.165, 1.54) is 0 Å². The molecule has 0 saturated carbocycles. The van der Waals surface area contributed by atoms with Crippen molar-refractivity contribution in [1.29, 1.82) is 0 Å². The van der Waals surface area contributed by atoms with Gasteiger partial charge in [-0.05, 0) is 12.1 Å². The smallest absolute Gasteiger partial charge is 0.272 e. The van der Waals surface area contributed by atoms with E-state index in [0.29, 0.717) is 11.4 Å². The van der Waals surface area contributed by atoms with E-state index >= 15 is 0 Å². The van der Waals surface area contributed by atoms with Gasteiger partial charge in [-0.3, -0.25) is 0 Å². The van der Waals surface area contributed by atoms with Crippen molar-refractivity contribution in [1.82, 2.24) is 19.6 Å². The first kappa shape index (κ1) is 18.7. The minimum absolute atomic E-state index is 0.0767. The number of ether oxygens (including phenoxy) is 2. The number of alkyl halides is 2. The van der Waals surface area contributed by atoms with E-state index in [-0.39, 0.29) is 27.5 Å². The fraction of sp³-hybridized carbons (Fsp3) is 0.333. The summed E-state index contributed by atoms with van der Waals surface area (Å²) < 4.78 is 50.3. The fourth-order valence-corrected chi connectivity index (χ4v) is 5.00. The minimum Gasteiger partial charge on any atom is -0.482 e. The van der Waals surface area contributed by atoms with Gasteiger partial charge in [0.25, 0.3) is 12.3 Å². The predicted octanol–water partition coefficient (Wildman–Crippen LogP) is 3.67. The van der Waals surface area contributed by atoms with Gasteiger partial charge in [0.2, 0.25) is 0 Å². The molecule has 0 spiro atoms. The zero-order valence-corrected chi connectivity index (χ0v) is 15.8. The Labute approximate surface area is 161 Å². The molecule has 0 bridgehead atoms. The highest BCUT2D eigenvalue weighted by atomic mass is 32.2. The van der Waals surface area contributed by atoms with Gasteiger partial charge in [0.05, 0.1) is 12.4 Å². The second kappa shape index (κ2) is 7.08. The van der Waals surface area contributed by atoms with Crippen molar-refractivity contribution < 1.29 is 22.6 Å². The lowest BCUT2D eigenvalue weighted by Gasteiger charge is -2.38. The van der Waals surface area contributed by atoms with Crippen LogP contribution in [0.2, 0.25) is 0 Å². The second-order valence-electron chi connectivity index (χ2n) is 6.83. The van der Waals surface area contributed by atoms with Crippen LogP contribution in [0.15, 0.2) is 30.6 Å². The maximum Gasteiger partial charge on any atom is 0.272 e. The molecule has 4 rings (SSSR count). The van der Waals surface area contributed by atoms with Crippen LogP contribution in [-0.2, 0) is 5.41 Å². The molecule has 1 aliphatic heterocycles. The van der Waals surface area contributed by atoms with E-state index in [2.05, 4.69) is 27.9 Å². The molecule has 0 unspecified atom stereocenters. The summed E-state index contributed by atoms with van der Waals surface area (Å²) in [5.74, 6) is 6.03. The molecule has 3 aromatic rings. The molecule has 1 fully saturated rings. The van der Waals surface area contributed by atoms with Crippen molar-refractivity contribution in [2.24, 2.45) is 0 Å². The normalized spacial score (nSPS) is 21.7. The molecule has 0 N–H and O–H groups in total. The van der Waals surface area contributed by atoms with E-state index in [0.717, 1.165) is 29.6 Å². The quantitative estimate of drug-likeness (QED) is 0.581. The van der Waals surface area contributed by atoms with E-state index < -0.39 is 18.8 Å². The van der Waals surface area contributed by atoms with E-state index in [9.17, 15) is 13.2 Å². The van der Waals surface area contributed by atoms with Crippen LogP contribution in [0.3, 0.4) is 0 Å². The molecule has 0 aromatic carbocycles. The summed E-state index contributed by atoms with van der Waals surface area (Å²) >= 11 is 0. The Morgan fingerprint density at radius 2 is 2.14 bits per heavy atom. The molecule has 0 radical (unpaired) electrons. The summed E-state index contributed by atoms with van der Waals surface area (Å²) in [4.78, 5) is 8.36. The predicted molar refractivity (Wildman–Crippen MR) is 101 cm³/mol. The van der Waals surface area contributed by atoms with Gasteiger partial charge in [0, 0.05) is 23.0 Å². The average Bonchev–Trinajstić information content (AvgIpc) is 3.04. The Hall–Kier alpha value is -2.62. The highest BCUT2D eigenvalue weighted by molar-refractivity contribution is 8.15. The fourth-order valence-electron chi connectivity index (χ4n) is 3.02. The van der Waals surface area contributed by atoms with Crippen molar-refractivity contribution in [3.05, 3.63) is 42.2 Å². The highest BCUT2D eigenvalue weighted by Gasteiger charge is 2.39. The van der Waals surface area contributed by atoms with Gasteiger partial charge in [0.15, 0.2) is 17.2 Å². The monoisotopic (exact) mass is 410 g/mol. The van der Waals surface area contributed by atoms with Crippen molar-refractivity contribution in [2.45, 2.75) is 18.8 Å². The van der Waals surface area contributed by atoms with Crippen LogP contribution >= 0.6 is 10.5 Å². The first-order valence-electron chi connectivity index (χ1n) is 8.41. The van der Waals surface area contributed by atoms with Crippen LogP contribution in [0, 0.1) is 5.82 Å². The zero-order chi connectivity index (χ0) is 19.9. The van der Waals surface area contributed by atoms with Crippen LogP contribution < -0.4 is 9.47 Å². The van der Waals surface area contributed by atoms with E-state index in [4.69, 9.17) is 9.47 Å². The third-order valence-corrected chi connectivity index (χ3v) is 6.34. The number of nitrogens with zero attached hydrogens (tertiary/aromatic N) is 4. The van der Waals surface area contributed by atoms with Crippen LogP contribution in [0.4, 0.5) is 13.2 Å². The number of hydrogen-bond donors (Lipinski definition) is 0. The topological polar surface area (TPSA) is 61.5 Å². The summed E-state index contributed by atoms with van der Waals surface area (Å²) in [6.07, 6.45) is -0.184. The van der Waals surface area contributed by atoms with Gasteiger partial charge >= 0.3 is 0 Å². The molecule has 4 heterocycles. The van der Waals surface area contributed by atoms with Crippen molar-refractivity contribution >= 4 is 22.0 Å². The Bertz CT molecular complexity index is 1050. The molecule has 0 atom stereocenters. The number of hydrogen-bond acceptors (Lipinski definition) is 5. The van der Waals surface area contributed by atoms with E-state index in [1.54, 1.807) is 22.8 Å². The summed E-state index contributed by atoms with van der Waals surface area (Å²) in [6.45, 7) is 1.22. The Morgan fingerprint density at radius 1 is 1.36 bits per heavy atom. The van der Waals surface area contributed by atoms with Gasteiger partial charge < -0.3 is 9.47 Å². The lowest BCUT2D eigenvalue weighted by molar-refractivity contribution is 0.0802. The molecule has 0 aliphatic carbocycles. The lowest BCUT2D eigenvalue weighted by atomic mass is 9.94. The van der Waals surface area contributed by atoms with Crippen molar-refractivity contribution in [3.8, 4) is 17.4 Å².